The number of ether oxygens (including phenoxy) is 10. The summed E-state index contributed by atoms with van der Waals surface area (Å²) in [6, 6.07) is 11.6. The lowest BCUT2D eigenvalue weighted by atomic mass is 10.2. The van der Waals surface area contributed by atoms with E-state index in [1.807, 2.05) is 0 Å². The fraction of sp³-hybridized carbons (Fsp3) is 0.442. The summed E-state index contributed by atoms with van der Waals surface area (Å²) in [4.78, 5) is 69.7. The van der Waals surface area contributed by atoms with Crippen LogP contribution in [-0.4, -0.2) is 200 Å². The van der Waals surface area contributed by atoms with E-state index in [2.05, 4.69) is 45.0 Å². The molecule has 5 rings (SSSR count). The molecule has 4 aromatic heterocycles. The summed E-state index contributed by atoms with van der Waals surface area (Å²) < 4.78 is 86.8. The van der Waals surface area contributed by atoms with Crippen molar-refractivity contribution >= 4 is 34.1 Å². The first-order valence-corrected chi connectivity index (χ1v) is 24.8. The molecule has 0 spiro atoms. The van der Waals surface area contributed by atoms with Crippen molar-refractivity contribution in [2.75, 3.05) is 84.1 Å². The molecular formula is C43H56N12O24S. The number of para-hydroxylation sites is 2. The number of aromatic nitrogens is 8. The van der Waals surface area contributed by atoms with Gasteiger partial charge in [-0.3, -0.25) is 45.9 Å². The van der Waals surface area contributed by atoms with Gasteiger partial charge < -0.3 is 47.4 Å². The lowest BCUT2D eigenvalue weighted by Gasteiger charge is -2.30. The van der Waals surface area contributed by atoms with Crippen molar-refractivity contribution in [1.82, 2.24) is 56.3 Å². The number of anilines is 1. The molecule has 0 saturated heterocycles. The van der Waals surface area contributed by atoms with Crippen LogP contribution >= 0.6 is 0 Å². The van der Waals surface area contributed by atoms with Crippen molar-refractivity contribution in [3.63, 3.8) is 0 Å². The number of methoxy groups -OCH3 is 1. The second-order valence-electron chi connectivity index (χ2n) is 15.4. The van der Waals surface area contributed by atoms with Gasteiger partial charge in [-0.2, -0.15) is 18.1 Å². The van der Waals surface area contributed by atoms with Crippen LogP contribution in [0.3, 0.4) is 0 Å². The molecule has 0 radical (unpaired) electrons. The smallest absolute Gasteiger partial charge is 0.493 e. The van der Waals surface area contributed by atoms with Gasteiger partial charge >= 0.3 is 18.3 Å². The van der Waals surface area contributed by atoms with Crippen molar-refractivity contribution in [3.05, 3.63) is 66.5 Å². The molecule has 36 nitrogen and oxygen atoms in total. The average Bonchev–Trinajstić information content (AvgIpc) is 4.06. The molecule has 80 heavy (non-hydrogen) atoms. The first-order valence-electron chi connectivity index (χ1n) is 23.4. The van der Waals surface area contributed by atoms with Gasteiger partial charge in [-0.15, -0.1) is 5.10 Å². The number of sulfonamides is 1. The SMILES string of the molecule is COc1ccccc1Oc1c(OCCOC(=O)CCCON(O)O)nc(-c2ccnc(-c3nnnn3C(C)OC(=O)OCCOCCON(O)O)c2)nc1N(C(C)OC(=O)OCCOCCON(O)O)S(=O)(=O)c1ccc(C)cn1. The lowest BCUT2D eigenvalue weighted by molar-refractivity contribution is -0.493. The van der Waals surface area contributed by atoms with E-state index >= 15 is 8.42 Å². The van der Waals surface area contributed by atoms with Crippen LogP contribution in [0.4, 0.5) is 15.4 Å². The molecule has 0 aliphatic rings. The summed E-state index contributed by atoms with van der Waals surface area (Å²) in [7, 11) is -3.69. The van der Waals surface area contributed by atoms with Crippen LogP contribution in [0.15, 0.2) is 66.0 Å². The van der Waals surface area contributed by atoms with E-state index in [9.17, 15) is 14.4 Å². The van der Waals surface area contributed by atoms with Crippen molar-refractivity contribution in [2.45, 2.75) is 51.1 Å². The molecular weight excluding hydrogens is 1100 g/mol. The van der Waals surface area contributed by atoms with E-state index in [0.717, 1.165) is 11.6 Å². The highest BCUT2D eigenvalue weighted by molar-refractivity contribution is 7.92. The quantitative estimate of drug-likeness (QED) is 0.0112. The number of pyridine rings is 2. The number of esters is 1. The van der Waals surface area contributed by atoms with E-state index < -0.39 is 99.2 Å². The number of rotatable bonds is 35. The summed E-state index contributed by atoms with van der Waals surface area (Å²) >= 11 is 0. The maximum Gasteiger partial charge on any atom is 0.510 e. The first-order chi connectivity index (χ1) is 38.4. The van der Waals surface area contributed by atoms with E-state index in [0.29, 0.717) is 9.87 Å². The monoisotopic (exact) mass is 1160 g/mol. The van der Waals surface area contributed by atoms with Crippen molar-refractivity contribution < 1.29 is 116 Å². The van der Waals surface area contributed by atoms with Gasteiger partial charge in [0.2, 0.25) is 11.6 Å². The van der Waals surface area contributed by atoms with E-state index in [-0.39, 0.29) is 100 Å². The number of nitrogens with zero attached hydrogens (tertiary/aromatic N) is 12. The van der Waals surface area contributed by atoms with Gasteiger partial charge in [-0.05, 0) is 73.5 Å². The fourth-order valence-electron chi connectivity index (χ4n) is 6.29. The van der Waals surface area contributed by atoms with Gasteiger partial charge in [0.15, 0.2) is 40.6 Å². The molecule has 1 aromatic carbocycles. The number of tetrazole rings is 1. The largest absolute Gasteiger partial charge is 0.510 e. The van der Waals surface area contributed by atoms with Crippen molar-refractivity contribution in [1.29, 1.82) is 0 Å². The Kier molecular flexibility index (Phi) is 25.5. The Morgan fingerprint density at radius 3 is 1.98 bits per heavy atom. The van der Waals surface area contributed by atoms with Crippen LogP contribution in [-0.2, 0) is 62.5 Å². The second kappa shape index (κ2) is 32.4. The van der Waals surface area contributed by atoms with E-state index in [1.165, 1.54) is 62.8 Å². The topological polar surface area (TPSA) is 435 Å². The number of hydrogen-bond donors (Lipinski definition) is 6. The number of carbonyl (C=O) groups excluding carboxylic acids is 3. The number of carbonyl (C=O) groups is 3. The van der Waals surface area contributed by atoms with Crippen LogP contribution in [0.1, 0.15) is 38.5 Å². The molecule has 6 N–H and O–H groups in total. The van der Waals surface area contributed by atoms with Gasteiger partial charge in [0.1, 0.15) is 32.1 Å². The van der Waals surface area contributed by atoms with Crippen molar-refractivity contribution in [2.24, 2.45) is 0 Å². The Morgan fingerprint density at radius 1 is 0.713 bits per heavy atom. The Bertz CT molecular complexity index is 2840. The van der Waals surface area contributed by atoms with Crippen LogP contribution in [0.25, 0.3) is 22.9 Å². The first kappa shape index (κ1) is 63.1. The molecule has 2 unspecified atom stereocenters. The average molecular weight is 1160 g/mol. The minimum Gasteiger partial charge on any atom is -0.493 e. The second-order valence-corrected chi connectivity index (χ2v) is 17.2. The molecule has 438 valence electrons. The summed E-state index contributed by atoms with van der Waals surface area (Å²) in [5.74, 6) is -2.78. The number of hydrogen-bond acceptors (Lipinski definition) is 34. The van der Waals surface area contributed by atoms with Crippen LogP contribution < -0.4 is 18.5 Å². The van der Waals surface area contributed by atoms with Gasteiger partial charge in [0, 0.05) is 24.4 Å². The zero-order valence-electron chi connectivity index (χ0n) is 42.9. The molecule has 0 amide bonds. The van der Waals surface area contributed by atoms with Crippen LogP contribution in [0.2, 0.25) is 0 Å². The Balaban J connectivity index is 1.59. The molecule has 0 bridgehead atoms. The zero-order chi connectivity index (χ0) is 58.0. The van der Waals surface area contributed by atoms with Gasteiger partial charge in [-0.1, -0.05) is 18.2 Å². The normalized spacial score (nSPS) is 12.3. The maximum absolute atomic E-state index is 15.1. The third kappa shape index (κ3) is 20.2. The summed E-state index contributed by atoms with van der Waals surface area (Å²) in [5.41, 5.74) is 0.648. The van der Waals surface area contributed by atoms with Crippen molar-refractivity contribution in [3.8, 4) is 46.0 Å². The highest BCUT2D eigenvalue weighted by atomic mass is 32.2. The molecule has 4 heterocycles. The van der Waals surface area contributed by atoms with Gasteiger partial charge in [-0.25, -0.2) is 33.5 Å². The number of benzene rings is 1. The Hall–Kier alpha value is -7.73. The minimum absolute atomic E-state index is 0.00859. The van der Waals surface area contributed by atoms with Crippen LogP contribution in [0.5, 0.6) is 23.1 Å². The van der Waals surface area contributed by atoms with Gasteiger partial charge in [0.25, 0.3) is 15.9 Å². The fourth-order valence-corrected chi connectivity index (χ4v) is 7.70. The number of aryl methyl sites for hydroxylation is 1. The Labute approximate surface area is 453 Å². The molecule has 37 heteroatoms. The molecule has 0 fully saturated rings. The summed E-state index contributed by atoms with van der Waals surface area (Å²) in [6.07, 6.45) is -3.32. The molecule has 5 aromatic rings. The lowest BCUT2D eigenvalue weighted by Crippen LogP contribution is -2.43. The molecule has 0 aliphatic heterocycles. The standard InChI is InChI=1S/C43H56N12O24S/c1-28-11-12-35(45-27-28)80(65,66)52(30(3)78-43(58)73-21-17-69-19-25-76-55(63)64)40-37(79-34-9-6-5-8-33(34)67-4)41(71-23-22-70-36(56)10-7-15-74-53(59)60)47-38(46-40)31-13-14-44-32(26-31)39-48-49-50-51(39)29(2)77-42(57)72-20-16-68-18-24-75-54(61)62/h5-6,8-9,11-14,26-27,29-30,59-64H,7,10,15-25H2,1-4H3. The van der Waals surface area contributed by atoms with E-state index in [1.54, 1.807) is 19.1 Å². The maximum atomic E-state index is 15.1. The molecule has 2 atom stereocenters. The third-order valence-electron chi connectivity index (χ3n) is 9.74. The Morgan fingerprint density at radius 2 is 1.34 bits per heavy atom. The summed E-state index contributed by atoms with van der Waals surface area (Å²) in [5, 5.41) is 61.8. The predicted molar refractivity (Wildman–Crippen MR) is 254 cm³/mol. The molecule has 0 saturated carbocycles. The zero-order valence-corrected chi connectivity index (χ0v) is 43.7. The highest BCUT2D eigenvalue weighted by Crippen LogP contribution is 2.45. The highest BCUT2D eigenvalue weighted by Gasteiger charge is 2.39. The predicted octanol–water partition coefficient (Wildman–Crippen LogP) is 2.83. The minimum atomic E-state index is -5.03. The van der Waals surface area contributed by atoms with E-state index in [4.69, 9.17) is 83.6 Å². The molecule has 0 aliphatic carbocycles. The third-order valence-corrected chi connectivity index (χ3v) is 11.5. The van der Waals surface area contributed by atoms with Crippen LogP contribution in [0, 0.1) is 6.92 Å². The summed E-state index contributed by atoms with van der Waals surface area (Å²) in [6.45, 7) is 1.25. The van der Waals surface area contributed by atoms with Gasteiger partial charge in [0.05, 0.1) is 69.5 Å².